The summed E-state index contributed by atoms with van der Waals surface area (Å²) in [4.78, 5) is 1.33. The molecule has 0 unspecified atom stereocenters. The number of benzene rings is 1. The van der Waals surface area contributed by atoms with Crippen LogP contribution in [0.3, 0.4) is 0 Å². The van der Waals surface area contributed by atoms with E-state index < -0.39 is 0 Å². The normalized spacial score (nSPS) is 10.4. The van der Waals surface area contributed by atoms with E-state index in [1.54, 1.807) is 0 Å². The summed E-state index contributed by atoms with van der Waals surface area (Å²) < 4.78 is 1.19. The molecule has 1 N–H and O–H groups in total. The van der Waals surface area contributed by atoms with Crippen LogP contribution >= 0.6 is 27.7 Å². The minimum atomic E-state index is 0.914. The van der Waals surface area contributed by atoms with Gasteiger partial charge < -0.3 is 5.32 Å². The second-order valence-corrected chi connectivity index (χ2v) is 4.91. The molecular weight excluding hydrogens is 246 g/mol. The highest BCUT2D eigenvalue weighted by Crippen LogP contribution is 2.24. The van der Waals surface area contributed by atoms with E-state index in [9.17, 15) is 0 Å². The molecule has 1 aromatic carbocycles. The molecule has 3 heteroatoms. The number of halogens is 1. The van der Waals surface area contributed by atoms with Crippen LogP contribution in [0.5, 0.6) is 0 Å². The Morgan fingerprint density at radius 3 is 2.77 bits per heavy atom. The molecular formula is C10H14BrNS. The largest absolute Gasteiger partial charge is 0.316 e. The molecule has 0 radical (unpaired) electrons. The Bertz CT molecular complexity index is 276. The molecule has 0 saturated heterocycles. The molecule has 13 heavy (non-hydrogen) atoms. The summed E-state index contributed by atoms with van der Waals surface area (Å²) in [6.45, 7) is 3.08. The van der Waals surface area contributed by atoms with Crippen molar-refractivity contribution in [3.63, 3.8) is 0 Å². The Balaban J connectivity index is 2.79. The highest BCUT2D eigenvalue weighted by molar-refractivity contribution is 9.10. The van der Waals surface area contributed by atoms with Crippen LogP contribution in [-0.4, -0.2) is 12.8 Å². The van der Waals surface area contributed by atoms with E-state index in [0.717, 1.165) is 12.3 Å². The molecule has 1 nitrogen and oxygen atoms in total. The van der Waals surface area contributed by atoms with E-state index in [-0.39, 0.29) is 0 Å². The molecule has 0 bridgehead atoms. The van der Waals surface area contributed by atoms with Gasteiger partial charge in [-0.15, -0.1) is 11.8 Å². The van der Waals surface area contributed by atoms with Crippen molar-refractivity contribution in [1.29, 1.82) is 0 Å². The average molecular weight is 260 g/mol. The minimum absolute atomic E-state index is 0.914. The standard InChI is InChI=1S/C10H14BrNS/c1-3-13-9-5-4-8(7-12-2)10(11)6-9/h4-6,12H,3,7H2,1-2H3. The number of nitrogens with one attached hydrogen (secondary N) is 1. The second-order valence-electron chi connectivity index (χ2n) is 2.72. The van der Waals surface area contributed by atoms with E-state index in [2.05, 4.69) is 46.4 Å². The maximum absolute atomic E-state index is 3.56. The summed E-state index contributed by atoms with van der Waals surface area (Å²) in [5, 5.41) is 3.14. The van der Waals surface area contributed by atoms with Crippen LogP contribution < -0.4 is 5.32 Å². The molecule has 72 valence electrons. The predicted molar refractivity (Wildman–Crippen MR) is 63.3 cm³/mol. The highest BCUT2D eigenvalue weighted by Gasteiger charge is 1.99. The summed E-state index contributed by atoms with van der Waals surface area (Å²) in [5.74, 6) is 1.12. The minimum Gasteiger partial charge on any atom is -0.316 e. The van der Waals surface area contributed by atoms with E-state index >= 15 is 0 Å². The molecule has 0 fully saturated rings. The molecule has 0 amide bonds. The fourth-order valence-electron chi connectivity index (χ4n) is 1.12. The lowest BCUT2D eigenvalue weighted by Crippen LogP contribution is -2.05. The second kappa shape index (κ2) is 5.68. The van der Waals surface area contributed by atoms with Crippen LogP contribution in [0.1, 0.15) is 12.5 Å². The van der Waals surface area contributed by atoms with Gasteiger partial charge in [0.1, 0.15) is 0 Å². The molecule has 0 aliphatic rings. The first-order valence-electron chi connectivity index (χ1n) is 4.33. The first-order chi connectivity index (χ1) is 6.27. The molecule has 0 aromatic heterocycles. The van der Waals surface area contributed by atoms with Gasteiger partial charge in [0.2, 0.25) is 0 Å². The Morgan fingerprint density at radius 1 is 1.46 bits per heavy atom. The van der Waals surface area contributed by atoms with Crippen LogP contribution in [0, 0.1) is 0 Å². The summed E-state index contributed by atoms with van der Waals surface area (Å²) in [7, 11) is 1.96. The summed E-state index contributed by atoms with van der Waals surface area (Å²) in [6.07, 6.45) is 0. The van der Waals surface area contributed by atoms with Gasteiger partial charge in [-0.05, 0) is 30.5 Å². The van der Waals surface area contributed by atoms with Crippen molar-refractivity contribution in [2.75, 3.05) is 12.8 Å². The van der Waals surface area contributed by atoms with Crippen molar-refractivity contribution < 1.29 is 0 Å². The molecule has 1 aromatic rings. The van der Waals surface area contributed by atoms with Crippen molar-refractivity contribution >= 4 is 27.7 Å². The highest BCUT2D eigenvalue weighted by atomic mass is 79.9. The van der Waals surface area contributed by atoms with E-state index in [0.29, 0.717) is 0 Å². The summed E-state index contributed by atoms with van der Waals surface area (Å²) in [6, 6.07) is 6.52. The molecule has 0 aliphatic heterocycles. The predicted octanol–water partition coefficient (Wildman–Crippen LogP) is 3.28. The van der Waals surface area contributed by atoms with Crippen LogP contribution in [-0.2, 0) is 6.54 Å². The molecule has 1 rings (SSSR count). The smallest absolute Gasteiger partial charge is 0.0231 e. The Labute approximate surface area is 92.4 Å². The van der Waals surface area contributed by atoms with Crippen molar-refractivity contribution in [3.05, 3.63) is 28.2 Å². The summed E-state index contributed by atoms with van der Waals surface area (Å²) >= 11 is 5.43. The molecule has 0 atom stereocenters. The number of thioether (sulfide) groups is 1. The molecule has 0 heterocycles. The van der Waals surface area contributed by atoms with Gasteiger partial charge >= 0.3 is 0 Å². The van der Waals surface area contributed by atoms with Crippen molar-refractivity contribution in [1.82, 2.24) is 5.32 Å². The van der Waals surface area contributed by atoms with E-state index in [4.69, 9.17) is 0 Å². The van der Waals surface area contributed by atoms with Crippen LogP contribution in [0.2, 0.25) is 0 Å². The van der Waals surface area contributed by atoms with Gasteiger partial charge in [-0.2, -0.15) is 0 Å². The number of hydrogen-bond acceptors (Lipinski definition) is 2. The molecule has 0 saturated carbocycles. The van der Waals surface area contributed by atoms with Crippen LogP contribution in [0.4, 0.5) is 0 Å². The van der Waals surface area contributed by atoms with Gasteiger partial charge in [-0.1, -0.05) is 28.9 Å². The Morgan fingerprint density at radius 2 is 2.23 bits per heavy atom. The van der Waals surface area contributed by atoms with E-state index in [1.807, 2.05) is 18.8 Å². The first kappa shape index (κ1) is 11.1. The number of hydrogen-bond donors (Lipinski definition) is 1. The third-order valence-electron chi connectivity index (χ3n) is 1.70. The average Bonchev–Trinajstić information content (AvgIpc) is 2.10. The van der Waals surface area contributed by atoms with Crippen LogP contribution in [0.25, 0.3) is 0 Å². The maximum Gasteiger partial charge on any atom is 0.0231 e. The fourth-order valence-corrected chi connectivity index (χ4v) is 2.49. The van der Waals surface area contributed by atoms with Crippen LogP contribution in [0.15, 0.2) is 27.6 Å². The topological polar surface area (TPSA) is 12.0 Å². The van der Waals surface area contributed by atoms with E-state index in [1.165, 1.54) is 14.9 Å². The van der Waals surface area contributed by atoms with Gasteiger partial charge in [0.25, 0.3) is 0 Å². The third kappa shape index (κ3) is 3.33. The van der Waals surface area contributed by atoms with Crippen molar-refractivity contribution in [2.45, 2.75) is 18.4 Å². The Kier molecular flexibility index (Phi) is 4.84. The molecule has 0 spiro atoms. The lowest BCUT2D eigenvalue weighted by molar-refractivity contribution is 0.813. The van der Waals surface area contributed by atoms with Crippen molar-refractivity contribution in [2.24, 2.45) is 0 Å². The Hall–Kier alpha value is 0.01000. The maximum atomic E-state index is 3.56. The van der Waals surface area contributed by atoms with Gasteiger partial charge in [0.15, 0.2) is 0 Å². The number of rotatable bonds is 4. The van der Waals surface area contributed by atoms with Gasteiger partial charge in [0.05, 0.1) is 0 Å². The zero-order valence-electron chi connectivity index (χ0n) is 7.93. The van der Waals surface area contributed by atoms with Gasteiger partial charge in [-0.3, -0.25) is 0 Å². The monoisotopic (exact) mass is 259 g/mol. The van der Waals surface area contributed by atoms with Gasteiger partial charge in [0, 0.05) is 15.9 Å². The van der Waals surface area contributed by atoms with Crippen molar-refractivity contribution in [3.8, 4) is 0 Å². The summed E-state index contributed by atoms with van der Waals surface area (Å²) in [5.41, 5.74) is 1.31. The zero-order valence-corrected chi connectivity index (χ0v) is 10.3. The lowest BCUT2D eigenvalue weighted by atomic mass is 10.2. The van der Waals surface area contributed by atoms with Gasteiger partial charge in [-0.25, -0.2) is 0 Å². The fraction of sp³-hybridized carbons (Fsp3) is 0.400. The lowest BCUT2D eigenvalue weighted by Gasteiger charge is -2.05. The zero-order chi connectivity index (χ0) is 9.68. The first-order valence-corrected chi connectivity index (χ1v) is 6.11. The third-order valence-corrected chi connectivity index (χ3v) is 3.32. The quantitative estimate of drug-likeness (QED) is 0.834. The molecule has 0 aliphatic carbocycles. The SMILES string of the molecule is CCSc1ccc(CNC)c(Br)c1.